The van der Waals surface area contributed by atoms with E-state index in [-0.39, 0.29) is 0 Å². The van der Waals surface area contributed by atoms with Gasteiger partial charge in [0.25, 0.3) is 0 Å². The van der Waals surface area contributed by atoms with Gasteiger partial charge in [0.15, 0.2) is 0 Å². The van der Waals surface area contributed by atoms with E-state index in [0.717, 1.165) is 11.3 Å². The maximum Gasteiger partial charge on any atom is 0.146 e. The lowest BCUT2D eigenvalue weighted by molar-refractivity contribution is 0.409. The summed E-state index contributed by atoms with van der Waals surface area (Å²) in [6, 6.07) is 11.5. The molecule has 0 unspecified atom stereocenters. The van der Waals surface area contributed by atoms with Gasteiger partial charge in [-0.2, -0.15) is 5.26 Å². The van der Waals surface area contributed by atoms with Gasteiger partial charge in [-0.15, -0.1) is 0 Å². The molecule has 0 saturated carbocycles. The SMILES string of the molecule is COc1ccccc1CN(C)c1ncc(N)cc1C#N. The van der Waals surface area contributed by atoms with Gasteiger partial charge in [-0.25, -0.2) is 4.98 Å². The molecule has 0 radical (unpaired) electrons. The molecule has 20 heavy (non-hydrogen) atoms. The number of rotatable bonds is 4. The first-order valence-corrected chi connectivity index (χ1v) is 6.14. The first-order chi connectivity index (χ1) is 9.65. The van der Waals surface area contributed by atoms with E-state index >= 15 is 0 Å². The highest BCUT2D eigenvalue weighted by Gasteiger charge is 2.12. The fraction of sp³-hybridized carbons (Fsp3) is 0.200. The number of benzene rings is 1. The predicted molar refractivity (Wildman–Crippen MR) is 78.5 cm³/mol. The number of methoxy groups -OCH3 is 1. The van der Waals surface area contributed by atoms with Crippen molar-refractivity contribution in [1.29, 1.82) is 5.26 Å². The molecule has 0 atom stereocenters. The van der Waals surface area contributed by atoms with Crippen molar-refractivity contribution in [3.05, 3.63) is 47.7 Å². The lowest BCUT2D eigenvalue weighted by Crippen LogP contribution is -2.19. The fourth-order valence-corrected chi connectivity index (χ4v) is 2.02. The number of aromatic nitrogens is 1. The zero-order chi connectivity index (χ0) is 14.5. The summed E-state index contributed by atoms with van der Waals surface area (Å²) in [7, 11) is 3.52. The summed E-state index contributed by atoms with van der Waals surface area (Å²) in [4.78, 5) is 6.14. The van der Waals surface area contributed by atoms with E-state index in [4.69, 9.17) is 15.7 Å². The van der Waals surface area contributed by atoms with E-state index in [1.54, 1.807) is 19.4 Å². The number of hydrogen-bond acceptors (Lipinski definition) is 5. The molecule has 0 saturated heterocycles. The van der Waals surface area contributed by atoms with Gasteiger partial charge in [-0.3, -0.25) is 0 Å². The number of nitrogen functional groups attached to an aromatic ring is 1. The Morgan fingerprint density at radius 1 is 1.40 bits per heavy atom. The van der Waals surface area contributed by atoms with E-state index in [1.165, 1.54) is 0 Å². The molecule has 0 bridgehead atoms. The normalized spacial score (nSPS) is 9.85. The molecule has 5 heteroatoms. The number of nitrogens with two attached hydrogens (primary N) is 1. The lowest BCUT2D eigenvalue weighted by atomic mass is 10.1. The lowest BCUT2D eigenvalue weighted by Gasteiger charge is -2.20. The second-order valence-electron chi connectivity index (χ2n) is 4.42. The van der Waals surface area contributed by atoms with Gasteiger partial charge >= 0.3 is 0 Å². The van der Waals surface area contributed by atoms with Gasteiger partial charge in [-0.1, -0.05) is 18.2 Å². The van der Waals surface area contributed by atoms with Crippen LogP contribution in [0.1, 0.15) is 11.1 Å². The van der Waals surface area contributed by atoms with Crippen LogP contribution in [0.25, 0.3) is 0 Å². The largest absolute Gasteiger partial charge is 0.496 e. The predicted octanol–water partition coefficient (Wildman–Crippen LogP) is 2.18. The molecule has 0 aliphatic rings. The van der Waals surface area contributed by atoms with Crippen LogP contribution >= 0.6 is 0 Å². The van der Waals surface area contributed by atoms with Crippen LogP contribution in [0.3, 0.4) is 0 Å². The molecule has 102 valence electrons. The number of nitriles is 1. The third-order valence-electron chi connectivity index (χ3n) is 2.97. The van der Waals surface area contributed by atoms with Gasteiger partial charge in [0.2, 0.25) is 0 Å². The van der Waals surface area contributed by atoms with Crippen LogP contribution in [0.2, 0.25) is 0 Å². The van der Waals surface area contributed by atoms with E-state index in [1.807, 2.05) is 36.2 Å². The molecule has 0 aliphatic heterocycles. The number of ether oxygens (including phenoxy) is 1. The summed E-state index contributed by atoms with van der Waals surface area (Å²) in [5, 5.41) is 9.16. The number of para-hydroxylation sites is 1. The second kappa shape index (κ2) is 5.93. The molecule has 0 amide bonds. The molecule has 0 aliphatic carbocycles. The third kappa shape index (κ3) is 2.81. The highest BCUT2D eigenvalue weighted by molar-refractivity contribution is 5.58. The standard InChI is InChI=1S/C15H16N4O/c1-19(10-11-5-3-4-6-14(11)20-2)15-12(8-16)7-13(17)9-18-15/h3-7,9H,10,17H2,1-2H3. The van der Waals surface area contributed by atoms with Gasteiger partial charge in [0, 0.05) is 19.2 Å². The Hall–Kier alpha value is -2.74. The Labute approximate surface area is 118 Å². The summed E-state index contributed by atoms with van der Waals surface area (Å²) in [5.41, 5.74) is 7.62. The van der Waals surface area contributed by atoms with Crippen molar-refractivity contribution in [2.45, 2.75) is 6.54 Å². The Balaban J connectivity index is 2.29. The highest BCUT2D eigenvalue weighted by atomic mass is 16.5. The van der Waals surface area contributed by atoms with Crippen LogP contribution in [-0.2, 0) is 6.54 Å². The summed E-state index contributed by atoms with van der Waals surface area (Å²) < 4.78 is 5.33. The molecule has 0 spiro atoms. The number of nitrogens with zero attached hydrogens (tertiary/aromatic N) is 3. The van der Waals surface area contributed by atoms with Crippen LogP contribution in [0.5, 0.6) is 5.75 Å². The highest BCUT2D eigenvalue weighted by Crippen LogP contribution is 2.23. The average molecular weight is 268 g/mol. The summed E-state index contributed by atoms with van der Waals surface area (Å²) in [6.45, 7) is 0.593. The number of anilines is 2. The third-order valence-corrected chi connectivity index (χ3v) is 2.97. The van der Waals surface area contributed by atoms with Crippen molar-refractivity contribution in [3.8, 4) is 11.8 Å². The molecular weight excluding hydrogens is 252 g/mol. The van der Waals surface area contributed by atoms with E-state index in [2.05, 4.69) is 11.1 Å². The maximum atomic E-state index is 9.16. The maximum absolute atomic E-state index is 9.16. The first kappa shape index (κ1) is 13.7. The molecular formula is C15H16N4O. The first-order valence-electron chi connectivity index (χ1n) is 6.14. The summed E-state index contributed by atoms with van der Waals surface area (Å²) in [5.74, 6) is 1.42. The Morgan fingerprint density at radius 2 is 2.15 bits per heavy atom. The minimum Gasteiger partial charge on any atom is -0.496 e. The molecule has 1 aromatic carbocycles. The quantitative estimate of drug-likeness (QED) is 0.919. The van der Waals surface area contributed by atoms with Crippen LogP contribution in [0, 0.1) is 11.3 Å². The van der Waals surface area contributed by atoms with Crippen molar-refractivity contribution < 1.29 is 4.74 Å². The summed E-state index contributed by atoms with van der Waals surface area (Å²) >= 11 is 0. The minimum atomic E-state index is 0.461. The second-order valence-corrected chi connectivity index (χ2v) is 4.42. The molecule has 2 aromatic rings. The van der Waals surface area contributed by atoms with Crippen molar-refractivity contribution in [2.75, 3.05) is 24.8 Å². The number of pyridine rings is 1. The van der Waals surface area contributed by atoms with Gasteiger partial charge in [0.1, 0.15) is 17.6 Å². The molecule has 2 rings (SSSR count). The molecule has 1 aromatic heterocycles. The van der Waals surface area contributed by atoms with Crippen molar-refractivity contribution in [2.24, 2.45) is 0 Å². The molecule has 1 heterocycles. The minimum absolute atomic E-state index is 0.461. The van der Waals surface area contributed by atoms with Crippen molar-refractivity contribution in [1.82, 2.24) is 4.98 Å². The van der Waals surface area contributed by atoms with Crippen molar-refractivity contribution >= 4 is 11.5 Å². The Kier molecular flexibility index (Phi) is 4.06. The van der Waals surface area contributed by atoms with Gasteiger partial charge in [-0.05, 0) is 12.1 Å². The van der Waals surface area contributed by atoms with E-state index in [9.17, 15) is 0 Å². The van der Waals surface area contributed by atoms with Gasteiger partial charge in [0.05, 0.1) is 24.6 Å². The van der Waals surface area contributed by atoms with Crippen LogP contribution in [0.15, 0.2) is 36.5 Å². The van der Waals surface area contributed by atoms with Crippen molar-refractivity contribution in [3.63, 3.8) is 0 Å². The zero-order valence-electron chi connectivity index (χ0n) is 11.5. The van der Waals surface area contributed by atoms with E-state index in [0.29, 0.717) is 23.6 Å². The average Bonchev–Trinajstić information content (AvgIpc) is 2.47. The van der Waals surface area contributed by atoms with Crippen LogP contribution < -0.4 is 15.4 Å². The topological polar surface area (TPSA) is 75.2 Å². The van der Waals surface area contributed by atoms with E-state index < -0.39 is 0 Å². The molecule has 2 N–H and O–H groups in total. The van der Waals surface area contributed by atoms with Crippen LogP contribution in [0.4, 0.5) is 11.5 Å². The number of hydrogen-bond donors (Lipinski definition) is 1. The smallest absolute Gasteiger partial charge is 0.146 e. The Bertz CT molecular complexity index is 649. The molecule has 5 nitrogen and oxygen atoms in total. The summed E-state index contributed by atoms with van der Waals surface area (Å²) in [6.07, 6.45) is 1.55. The van der Waals surface area contributed by atoms with Crippen LogP contribution in [-0.4, -0.2) is 19.1 Å². The molecule has 0 fully saturated rings. The fourth-order valence-electron chi connectivity index (χ4n) is 2.02. The van der Waals surface area contributed by atoms with Gasteiger partial charge < -0.3 is 15.4 Å². The Morgan fingerprint density at radius 3 is 2.85 bits per heavy atom. The zero-order valence-corrected chi connectivity index (χ0v) is 11.5. The monoisotopic (exact) mass is 268 g/mol.